The molecule has 3 aliphatic carbocycles. The van der Waals surface area contributed by atoms with E-state index in [1.165, 1.54) is 18.4 Å². The third kappa shape index (κ3) is 2.95. The minimum atomic E-state index is -0.819. The van der Waals surface area contributed by atoms with Crippen molar-refractivity contribution in [2.24, 2.45) is 5.92 Å². The van der Waals surface area contributed by atoms with Gasteiger partial charge in [0.2, 0.25) is 0 Å². The van der Waals surface area contributed by atoms with Crippen LogP contribution >= 0.6 is 0 Å². The molecule has 2 spiro atoms. The summed E-state index contributed by atoms with van der Waals surface area (Å²) in [6, 6.07) is 10.1. The van der Waals surface area contributed by atoms with Crippen molar-refractivity contribution in [3.8, 4) is 11.5 Å². The molecule has 37 heavy (non-hydrogen) atoms. The van der Waals surface area contributed by atoms with E-state index >= 15 is 0 Å². The van der Waals surface area contributed by atoms with Crippen LogP contribution < -0.4 is 4.74 Å². The number of aromatic nitrogens is 1. The maximum absolute atomic E-state index is 12.8. The first kappa shape index (κ1) is 22.6. The van der Waals surface area contributed by atoms with Crippen LogP contribution in [0, 0.1) is 5.92 Å². The lowest BCUT2D eigenvalue weighted by Gasteiger charge is -2.67. The standard InChI is InChI=1S/C31H37N3O3/c35-24-10-9-22-19-25-31(36)13-12-29(11-4-17-34(29)16-3-6-23-5-1-2-15-32-23)28-30(31,26(22)27(24)37-28)14-18-33(25)20-21-7-8-21/h1-3,5-6,9-10,15,21,25,28,35-36H,4,7-8,11-14,16-20H2/b6-3+/t25-,28+,29-,30+,31-/m1/s1. The molecule has 2 bridgehead atoms. The molecule has 6 heteroatoms. The van der Waals surface area contributed by atoms with Crippen LogP contribution in [0.5, 0.6) is 11.5 Å². The number of benzene rings is 1. The van der Waals surface area contributed by atoms with Gasteiger partial charge in [0, 0.05) is 30.9 Å². The highest BCUT2D eigenvalue weighted by molar-refractivity contribution is 5.63. The third-order valence-corrected chi connectivity index (χ3v) is 10.9. The van der Waals surface area contributed by atoms with Crippen LogP contribution in [-0.4, -0.2) is 74.5 Å². The van der Waals surface area contributed by atoms with Gasteiger partial charge in [-0.2, -0.15) is 0 Å². The highest BCUT2D eigenvalue weighted by Crippen LogP contribution is 2.68. The second kappa shape index (κ2) is 7.81. The number of nitrogens with zero attached hydrogens (tertiary/aromatic N) is 3. The van der Waals surface area contributed by atoms with Crippen LogP contribution in [0.25, 0.3) is 6.08 Å². The summed E-state index contributed by atoms with van der Waals surface area (Å²) in [4.78, 5) is 9.69. The lowest BCUT2D eigenvalue weighted by Crippen LogP contribution is -2.80. The van der Waals surface area contributed by atoms with Crippen molar-refractivity contribution < 1.29 is 14.9 Å². The van der Waals surface area contributed by atoms with E-state index in [-0.39, 0.29) is 23.4 Å². The van der Waals surface area contributed by atoms with E-state index in [9.17, 15) is 10.2 Å². The van der Waals surface area contributed by atoms with Crippen molar-refractivity contribution in [1.29, 1.82) is 0 Å². The van der Waals surface area contributed by atoms with Gasteiger partial charge in [0.05, 0.1) is 22.2 Å². The smallest absolute Gasteiger partial charge is 0.165 e. The number of phenolic OH excluding ortho intramolecular Hbond substituents is 1. The van der Waals surface area contributed by atoms with Gasteiger partial charge in [0.1, 0.15) is 6.10 Å². The van der Waals surface area contributed by atoms with Gasteiger partial charge in [-0.3, -0.25) is 14.8 Å². The monoisotopic (exact) mass is 499 g/mol. The van der Waals surface area contributed by atoms with E-state index in [2.05, 4.69) is 33.0 Å². The largest absolute Gasteiger partial charge is 0.504 e. The molecular formula is C31H37N3O3. The molecular weight excluding hydrogens is 462 g/mol. The molecule has 5 atom stereocenters. The Morgan fingerprint density at radius 3 is 2.84 bits per heavy atom. The van der Waals surface area contributed by atoms with E-state index in [0.717, 1.165) is 81.9 Å². The molecule has 0 amide bonds. The Bertz CT molecular complexity index is 1260. The Kier molecular flexibility index (Phi) is 4.76. The number of likely N-dealkylation sites (tertiary alicyclic amines) is 2. The van der Waals surface area contributed by atoms with Crippen LogP contribution in [-0.2, 0) is 11.8 Å². The fourth-order valence-electron chi connectivity index (χ4n) is 9.17. The topological polar surface area (TPSA) is 69.1 Å². The number of pyridine rings is 1. The Morgan fingerprint density at radius 1 is 1.08 bits per heavy atom. The van der Waals surface area contributed by atoms with Gasteiger partial charge >= 0.3 is 0 Å². The number of hydrogen-bond donors (Lipinski definition) is 2. The average Bonchev–Trinajstić information content (AvgIpc) is 3.52. The molecule has 3 aliphatic heterocycles. The molecule has 1 aromatic heterocycles. The van der Waals surface area contributed by atoms with Crippen molar-refractivity contribution in [3.05, 3.63) is 59.4 Å². The maximum atomic E-state index is 12.8. The zero-order chi connectivity index (χ0) is 24.8. The van der Waals surface area contributed by atoms with Crippen LogP contribution in [0.1, 0.15) is 61.8 Å². The van der Waals surface area contributed by atoms with Gasteiger partial charge in [-0.05, 0) is 100 Å². The van der Waals surface area contributed by atoms with Gasteiger partial charge in [0.25, 0.3) is 0 Å². The molecule has 8 rings (SSSR count). The van der Waals surface area contributed by atoms with Crippen LogP contribution in [0.15, 0.2) is 42.6 Å². The van der Waals surface area contributed by atoms with Gasteiger partial charge in [-0.15, -0.1) is 0 Å². The molecule has 2 saturated carbocycles. The zero-order valence-corrected chi connectivity index (χ0v) is 21.5. The summed E-state index contributed by atoms with van der Waals surface area (Å²) in [6.45, 7) is 4.00. The lowest BCUT2D eigenvalue weighted by molar-refractivity contribution is -0.216. The van der Waals surface area contributed by atoms with Crippen molar-refractivity contribution in [2.75, 3.05) is 26.2 Å². The molecule has 1 aromatic carbocycles. The SMILES string of the molecule is Oc1ccc2c3c1O[C@H]1[C@@]4(CCCN4C/C=C/c4ccccn4)CC[C@@]4(O)[C@@H](C2)N(CC2CC2)CC[C@]314. The molecule has 4 heterocycles. The summed E-state index contributed by atoms with van der Waals surface area (Å²) in [5.74, 6) is 1.70. The van der Waals surface area contributed by atoms with Gasteiger partial charge < -0.3 is 14.9 Å². The molecule has 6 nitrogen and oxygen atoms in total. The number of aliphatic hydroxyl groups is 1. The fourth-order valence-corrected chi connectivity index (χ4v) is 9.17. The Hall–Kier alpha value is -2.41. The van der Waals surface area contributed by atoms with E-state index in [0.29, 0.717) is 5.75 Å². The van der Waals surface area contributed by atoms with E-state index < -0.39 is 11.0 Å². The minimum absolute atomic E-state index is 0.132. The van der Waals surface area contributed by atoms with Crippen molar-refractivity contribution in [3.63, 3.8) is 0 Å². The van der Waals surface area contributed by atoms with Crippen molar-refractivity contribution in [2.45, 2.75) is 80.1 Å². The number of aromatic hydroxyl groups is 1. The Morgan fingerprint density at radius 2 is 2.00 bits per heavy atom. The summed E-state index contributed by atoms with van der Waals surface area (Å²) < 4.78 is 6.93. The Balaban J connectivity index is 1.20. The number of rotatable bonds is 5. The van der Waals surface area contributed by atoms with Crippen molar-refractivity contribution in [1.82, 2.24) is 14.8 Å². The number of phenols is 1. The quantitative estimate of drug-likeness (QED) is 0.651. The summed E-state index contributed by atoms with van der Waals surface area (Å²) in [5.41, 5.74) is 1.98. The third-order valence-electron chi connectivity index (χ3n) is 10.9. The summed E-state index contributed by atoms with van der Waals surface area (Å²) >= 11 is 0. The number of hydrogen-bond acceptors (Lipinski definition) is 6. The first-order valence-electron chi connectivity index (χ1n) is 14.4. The van der Waals surface area contributed by atoms with E-state index in [1.807, 2.05) is 30.5 Å². The molecule has 0 radical (unpaired) electrons. The molecule has 4 fully saturated rings. The van der Waals surface area contributed by atoms with E-state index in [4.69, 9.17) is 4.74 Å². The van der Waals surface area contributed by atoms with Crippen LogP contribution in [0.2, 0.25) is 0 Å². The zero-order valence-electron chi connectivity index (χ0n) is 21.5. The predicted octanol–water partition coefficient (Wildman–Crippen LogP) is 3.90. The predicted molar refractivity (Wildman–Crippen MR) is 142 cm³/mol. The summed E-state index contributed by atoms with van der Waals surface area (Å²) in [7, 11) is 0. The molecule has 6 aliphatic rings. The second-order valence-electron chi connectivity index (χ2n) is 12.6. The van der Waals surface area contributed by atoms with Crippen molar-refractivity contribution >= 4 is 6.08 Å². The highest BCUT2D eigenvalue weighted by atomic mass is 16.5. The molecule has 2 N–H and O–H groups in total. The number of fused-ring (bicyclic) bond motifs is 1. The minimum Gasteiger partial charge on any atom is -0.504 e. The molecule has 194 valence electrons. The van der Waals surface area contributed by atoms with Gasteiger partial charge in [-0.1, -0.05) is 18.2 Å². The number of piperidine rings is 1. The Labute approximate surface area is 219 Å². The first-order valence-corrected chi connectivity index (χ1v) is 14.4. The van der Waals surface area contributed by atoms with Crippen LogP contribution in [0.4, 0.5) is 0 Å². The number of ether oxygens (including phenoxy) is 1. The highest BCUT2D eigenvalue weighted by Gasteiger charge is 2.76. The van der Waals surface area contributed by atoms with Crippen LogP contribution in [0.3, 0.4) is 0 Å². The summed E-state index contributed by atoms with van der Waals surface area (Å²) in [5, 5.41) is 23.8. The normalized spacial score (nSPS) is 38.3. The first-order chi connectivity index (χ1) is 18.1. The molecule has 2 saturated heterocycles. The van der Waals surface area contributed by atoms with Gasteiger partial charge in [0.15, 0.2) is 11.5 Å². The average molecular weight is 500 g/mol. The maximum Gasteiger partial charge on any atom is 0.165 e. The molecule has 2 aromatic rings. The van der Waals surface area contributed by atoms with E-state index in [1.54, 1.807) is 0 Å². The lowest BCUT2D eigenvalue weighted by atomic mass is 9.45. The molecule has 0 unspecified atom stereocenters. The fraction of sp³-hybridized carbons (Fsp3) is 0.581. The second-order valence-corrected chi connectivity index (χ2v) is 12.6. The van der Waals surface area contributed by atoms with Gasteiger partial charge in [-0.25, -0.2) is 0 Å². The summed E-state index contributed by atoms with van der Waals surface area (Å²) in [6.07, 6.45) is 14.4.